The fourth-order valence-electron chi connectivity index (χ4n) is 8.95. The van der Waals surface area contributed by atoms with Crippen LogP contribution in [0.2, 0.25) is 0 Å². The summed E-state index contributed by atoms with van der Waals surface area (Å²) in [6, 6.07) is 21.3. The van der Waals surface area contributed by atoms with Crippen LogP contribution in [0.25, 0.3) is 11.1 Å². The van der Waals surface area contributed by atoms with Gasteiger partial charge in [-0.25, -0.2) is 0 Å². The Morgan fingerprint density at radius 2 is 1.86 bits per heavy atom. The van der Waals surface area contributed by atoms with Crippen LogP contribution in [0.15, 0.2) is 79.3 Å². The van der Waals surface area contributed by atoms with Gasteiger partial charge < -0.3 is 14.6 Å². The molecule has 2 aliphatic heterocycles. The van der Waals surface area contributed by atoms with Crippen molar-refractivity contribution in [3.63, 3.8) is 0 Å². The third-order valence-electron chi connectivity index (χ3n) is 11.0. The van der Waals surface area contributed by atoms with E-state index in [1.54, 1.807) is 0 Å². The number of piperidine rings is 1. The Balaban J connectivity index is 1.19. The maximum Gasteiger partial charge on any atom is 0.166 e. The van der Waals surface area contributed by atoms with Gasteiger partial charge in [0.05, 0.1) is 11.1 Å². The van der Waals surface area contributed by atoms with E-state index in [2.05, 4.69) is 64.5 Å². The van der Waals surface area contributed by atoms with Crippen molar-refractivity contribution in [2.45, 2.75) is 68.1 Å². The molecular formula is C37H37N3O3. The predicted octanol–water partition coefficient (Wildman–Crippen LogP) is 6.21. The van der Waals surface area contributed by atoms with Gasteiger partial charge in [0.15, 0.2) is 17.6 Å². The molecule has 218 valence electrons. The van der Waals surface area contributed by atoms with Crippen LogP contribution in [-0.2, 0) is 29.4 Å². The highest BCUT2D eigenvalue weighted by atomic mass is 16.5. The van der Waals surface area contributed by atoms with E-state index in [0.717, 1.165) is 62.4 Å². The molecule has 1 spiro atoms. The molecule has 4 aromatic rings. The van der Waals surface area contributed by atoms with Gasteiger partial charge in [-0.15, -0.1) is 0 Å². The van der Waals surface area contributed by atoms with Gasteiger partial charge in [-0.2, -0.15) is 0 Å². The highest BCUT2D eigenvalue weighted by Gasteiger charge is 2.73. The Morgan fingerprint density at radius 1 is 1.00 bits per heavy atom. The third kappa shape index (κ3) is 3.79. The zero-order valence-electron chi connectivity index (χ0n) is 24.4. The number of phenols is 1. The van der Waals surface area contributed by atoms with Crippen LogP contribution in [0.5, 0.6) is 11.5 Å². The van der Waals surface area contributed by atoms with Crippen LogP contribution in [0.3, 0.4) is 0 Å². The van der Waals surface area contributed by atoms with Gasteiger partial charge in [0, 0.05) is 55.3 Å². The summed E-state index contributed by atoms with van der Waals surface area (Å²) in [7, 11) is 0. The molecule has 1 N–H and O–H groups in total. The number of benzene rings is 2. The topological polar surface area (TPSA) is 67.7 Å². The van der Waals surface area contributed by atoms with Crippen LogP contribution in [0.1, 0.15) is 59.7 Å². The summed E-state index contributed by atoms with van der Waals surface area (Å²) < 4.78 is 14.3. The van der Waals surface area contributed by atoms with Gasteiger partial charge in [-0.1, -0.05) is 36.4 Å². The molecule has 2 fully saturated rings. The number of pyridine rings is 2. The number of aromatic nitrogens is 2. The molecule has 4 heterocycles. The Labute approximate surface area is 252 Å². The Morgan fingerprint density at radius 3 is 2.70 bits per heavy atom. The van der Waals surface area contributed by atoms with E-state index in [1.807, 2.05) is 24.7 Å². The van der Waals surface area contributed by atoms with Gasteiger partial charge >= 0.3 is 0 Å². The molecule has 6 nitrogen and oxygen atoms in total. The first kappa shape index (κ1) is 25.7. The van der Waals surface area contributed by atoms with Crippen molar-refractivity contribution < 1.29 is 14.6 Å². The molecule has 5 aliphatic rings. The summed E-state index contributed by atoms with van der Waals surface area (Å²) in [6.45, 7) is 2.84. The van der Waals surface area contributed by atoms with E-state index >= 15 is 0 Å². The number of aromatic hydroxyl groups is 1. The second kappa shape index (κ2) is 9.63. The van der Waals surface area contributed by atoms with Crippen LogP contribution < -0.4 is 4.74 Å². The molecule has 2 aromatic carbocycles. The fourth-order valence-corrected chi connectivity index (χ4v) is 8.95. The molecule has 1 saturated carbocycles. The first-order chi connectivity index (χ1) is 21.2. The summed E-state index contributed by atoms with van der Waals surface area (Å²) in [5, 5.41) is 11.1. The van der Waals surface area contributed by atoms with Gasteiger partial charge in [0.2, 0.25) is 0 Å². The van der Waals surface area contributed by atoms with Crippen molar-refractivity contribution in [2.24, 2.45) is 5.92 Å². The molecule has 6 heteroatoms. The van der Waals surface area contributed by atoms with E-state index in [4.69, 9.17) is 14.5 Å². The molecular weight excluding hydrogens is 534 g/mol. The highest BCUT2D eigenvalue weighted by Crippen LogP contribution is 2.69. The van der Waals surface area contributed by atoms with E-state index < -0.39 is 5.60 Å². The average molecular weight is 572 g/mol. The standard InChI is InChI=1S/C37H37N3O3/c41-30-11-10-27-20-31-37(42-18-4-5-24-12-15-38-16-13-24)21-28-19-29(26-6-2-1-3-7-26)22-39-33(28)35-36(37,32(27)34(30)43-35)14-17-40(31)23-25-8-9-25/h1-3,6-7,10-13,15-16,19,22,25,31,35,41H,4-5,8-9,14,17-18,20-21,23H2/t31-,35+,36+,37-/m1/s1. The van der Waals surface area contributed by atoms with Crippen molar-refractivity contribution in [1.29, 1.82) is 0 Å². The van der Waals surface area contributed by atoms with Gasteiger partial charge in [0.25, 0.3) is 0 Å². The van der Waals surface area contributed by atoms with Crippen molar-refractivity contribution in [1.82, 2.24) is 14.9 Å². The first-order valence-electron chi connectivity index (χ1n) is 16.0. The maximum absolute atomic E-state index is 11.1. The van der Waals surface area contributed by atoms with E-state index in [0.29, 0.717) is 12.4 Å². The van der Waals surface area contributed by atoms with Crippen molar-refractivity contribution in [2.75, 3.05) is 19.7 Å². The molecule has 9 rings (SSSR count). The number of rotatable bonds is 8. The number of hydrogen-bond donors (Lipinski definition) is 1. The van der Waals surface area contributed by atoms with E-state index in [9.17, 15) is 5.11 Å². The summed E-state index contributed by atoms with van der Waals surface area (Å²) in [6.07, 6.45) is 12.7. The maximum atomic E-state index is 11.1. The van der Waals surface area contributed by atoms with Crippen molar-refractivity contribution in [3.05, 3.63) is 107 Å². The van der Waals surface area contributed by atoms with Crippen LogP contribution >= 0.6 is 0 Å². The van der Waals surface area contributed by atoms with Crippen molar-refractivity contribution in [3.8, 4) is 22.6 Å². The Bertz CT molecular complexity index is 1690. The number of nitrogens with zero attached hydrogens (tertiary/aromatic N) is 3. The number of aryl methyl sites for hydroxylation is 1. The lowest BCUT2D eigenvalue weighted by atomic mass is 9.48. The Kier molecular flexibility index (Phi) is 5.76. The van der Waals surface area contributed by atoms with Crippen LogP contribution in [-0.4, -0.2) is 51.3 Å². The monoisotopic (exact) mass is 571 g/mol. The molecule has 1 saturated heterocycles. The smallest absolute Gasteiger partial charge is 0.166 e. The lowest BCUT2D eigenvalue weighted by Gasteiger charge is -2.64. The molecule has 3 aliphatic carbocycles. The number of likely N-dealkylation sites (tertiary alicyclic amines) is 1. The van der Waals surface area contributed by atoms with Gasteiger partial charge in [-0.3, -0.25) is 14.9 Å². The predicted molar refractivity (Wildman–Crippen MR) is 164 cm³/mol. The largest absolute Gasteiger partial charge is 0.504 e. The summed E-state index contributed by atoms with van der Waals surface area (Å²) >= 11 is 0. The normalized spacial score (nSPS) is 28.2. The van der Waals surface area contributed by atoms with Crippen LogP contribution in [0.4, 0.5) is 0 Å². The summed E-state index contributed by atoms with van der Waals surface area (Å²) in [4.78, 5) is 12.1. The van der Waals surface area contributed by atoms with E-state index in [-0.39, 0.29) is 23.3 Å². The molecule has 2 aromatic heterocycles. The van der Waals surface area contributed by atoms with Crippen LogP contribution in [0, 0.1) is 5.92 Å². The summed E-state index contributed by atoms with van der Waals surface area (Å²) in [5.41, 5.74) is 7.44. The first-order valence-corrected chi connectivity index (χ1v) is 16.0. The lowest BCUT2D eigenvalue weighted by molar-refractivity contribution is -0.205. The minimum Gasteiger partial charge on any atom is -0.504 e. The fraction of sp³-hybridized carbons (Fsp3) is 0.405. The minimum absolute atomic E-state index is 0.232. The molecule has 2 bridgehead atoms. The number of hydrogen-bond acceptors (Lipinski definition) is 6. The average Bonchev–Trinajstić information content (AvgIpc) is 3.79. The summed E-state index contributed by atoms with van der Waals surface area (Å²) in [5.74, 6) is 1.69. The van der Waals surface area contributed by atoms with E-state index in [1.165, 1.54) is 40.7 Å². The quantitative estimate of drug-likeness (QED) is 0.254. The molecule has 0 unspecified atom stereocenters. The number of ether oxygens (including phenoxy) is 2. The highest BCUT2D eigenvalue weighted by molar-refractivity contribution is 5.67. The SMILES string of the molecule is Oc1ccc2c3c1O[C@H]1c4ncc(-c5ccccc5)cc4C[C@@]4(OCCCc5ccncc5)[C@@H](C2)N(CC2CC2)CC[C@]314. The second-order valence-corrected chi connectivity index (χ2v) is 13.3. The lowest BCUT2D eigenvalue weighted by Crippen LogP contribution is -2.75. The number of fused-ring (bicyclic) bond motifs is 2. The van der Waals surface area contributed by atoms with Gasteiger partial charge in [0.1, 0.15) is 5.60 Å². The van der Waals surface area contributed by atoms with Gasteiger partial charge in [-0.05, 0) is 97.5 Å². The molecule has 43 heavy (non-hydrogen) atoms. The molecule has 4 atom stereocenters. The minimum atomic E-state index is -0.473. The molecule has 0 amide bonds. The molecule has 0 radical (unpaired) electrons. The zero-order valence-corrected chi connectivity index (χ0v) is 24.4. The number of phenolic OH excluding ortho intramolecular Hbond substituents is 1. The van der Waals surface area contributed by atoms with Crippen molar-refractivity contribution >= 4 is 0 Å². The zero-order chi connectivity index (χ0) is 28.6. The second-order valence-electron chi connectivity index (χ2n) is 13.3. The Hall–Kier alpha value is -3.74. The third-order valence-corrected chi connectivity index (χ3v) is 11.0.